The Morgan fingerprint density at radius 2 is 2.16 bits per heavy atom. The number of likely N-dealkylation sites (N-methyl/N-ethyl adjacent to an activating group) is 1. The molecule has 102 valence electrons. The first-order valence-corrected chi connectivity index (χ1v) is 6.93. The summed E-state index contributed by atoms with van der Waals surface area (Å²) in [6.07, 6.45) is 2.72. The second-order valence-corrected chi connectivity index (χ2v) is 5.06. The van der Waals surface area contributed by atoms with Gasteiger partial charge in [0.25, 0.3) is 0 Å². The third-order valence-electron chi connectivity index (χ3n) is 3.69. The van der Waals surface area contributed by atoms with Crippen LogP contribution >= 0.6 is 0 Å². The summed E-state index contributed by atoms with van der Waals surface area (Å²) in [6, 6.07) is 2.66. The lowest BCUT2D eigenvalue weighted by molar-refractivity contribution is 0.414. The maximum Gasteiger partial charge on any atom is 0.167 e. The van der Waals surface area contributed by atoms with E-state index in [9.17, 15) is 5.26 Å². The van der Waals surface area contributed by atoms with Gasteiger partial charge in [-0.15, -0.1) is 5.10 Å². The van der Waals surface area contributed by atoms with Gasteiger partial charge in [0.15, 0.2) is 5.82 Å². The highest BCUT2D eigenvalue weighted by Crippen LogP contribution is 2.22. The molecule has 0 radical (unpaired) electrons. The van der Waals surface area contributed by atoms with Crippen LogP contribution < -0.4 is 5.32 Å². The molecule has 1 unspecified atom stereocenters. The Hall–Kier alpha value is -1.67. The smallest absolute Gasteiger partial charge is 0.167 e. The number of nitriles is 1. The minimum Gasteiger partial charge on any atom is -0.363 e. The second-order valence-electron chi connectivity index (χ2n) is 5.06. The SMILES string of the molecule is CCc1nnc(NC2CCN(C)C2)c(C#N)c1CC. The largest absolute Gasteiger partial charge is 0.363 e. The number of anilines is 1. The Morgan fingerprint density at radius 1 is 1.37 bits per heavy atom. The lowest BCUT2D eigenvalue weighted by atomic mass is 10.0. The number of nitrogens with one attached hydrogen (secondary N) is 1. The summed E-state index contributed by atoms with van der Waals surface area (Å²) in [5, 5.41) is 21.3. The Balaban J connectivity index is 2.28. The molecule has 0 bridgehead atoms. The maximum atomic E-state index is 9.41. The molecule has 1 aromatic rings. The molecule has 1 aromatic heterocycles. The lowest BCUT2D eigenvalue weighted by Gasteiger charge is -2.16. The number of aromatic nitrogens is 2. The van der Waals surface area contributed by atoms with Gasteiger partial charge in [0.05, 0.1) is 5.69 Å². The zero-order valence-corrected chi connectivity index (χ0v) is 11.9. The third-order valence-corrected chi connectivity index (χ3v) is 3.69. The molecular weight excluding hydrogens is 238 g/mol. The first-order valence-electron chi connectivity index (χ1n) is 6.93. The topological polar surface area (TPSA) is 64.8 Å². The van der Waals surface area contributed by atoms with Crippen molar-refractivity contribution in [2.75, 3.05) is 25.5 Å². The van der Waals surface area contributed by atoms with E-state index in [1.807, 2.05) is 6.92 Å². The van der Waals surface area contributed by atoms with Crippen molar-refractivity contribution in [1.82, 2.24) is 15.1 Å². The van der Waals surface area contributed by atoms with E-state index in [0.717, 1.165) is 43.6 Å². The second kappa shape index (κ2) is 5.98. The van der Waals surface area contributed by atoms with Gasteiger partial charge in [-0.3, -0.25) is 0 Å². The van der Waals surface area contributed by atoms with Crippen molar-refractivity contribution in [3.8, 4) is 6.07 Å². The fraction of sp³-hybridized carbons (Fsp3) is 0.643. The van der Waals surface area contributed by atoms with Gasteiger partial charge in [-0.05, 0) is 38.4 Å². The van der Waals surface area contributed by atoms with E-state index in [-0.39, 0.29) is 0 Å². The molecule has 1 atom stereocenters. The molecule has 5 heteroatoms. The maximum absolute atomic E-state index is 9.41. The van der Waals surface area contributed by atoms with Crippen LogP contribution in [-0.2, 0) is 12.8 Å². The van der Waals surface area contributed by atoms with Crippen LogP contribution in [0.4, 0.5) is 5.82 Å². The first-order chi connectivity index (χ1) is 9.19. The molecule has 0 saturated carbocycles. The number of nitrogens with zero attached hydrogens (tertiary/aromatic N) is 4. The van der Waals surface area contributed by atoms with Crippen LogP contribution in [0, 0.1) is 11.3 Å². The van der Waals surface area contributed by atoms with Crippen LogP contribution in [0.5, 0.6) is 0 Å². The Bertz CT molecular complexity index is 491. The highest BCUT2D eigenvalue weighted by Gasteiger charge is 2.22. The molecule has 19 heavy (non-hydrogen) atoms. The fourth-order valence-electron chi connectivity index (χ4n) is 2.64. The molecule has 0 amide bonds. The minimum absolute atomic E-state index is 0.364. The van der Waals surface area contributed by atoms with Gasteiger partial charge in [0.1, 0.15) is 11.6 Å². The van der Waals surface area contributed by atoms with Gasteiger partial charge in [0, 0.05) is 12.6 Å². The van der Waals surface area contributed by atoms with Crippen molar-refractivity contribution in [3.63, 3.8) is 0 Å². The molecule has 0 spiro atoms. The number of hydrogen-bond acceptors (Lipinski definition) is 5. The fourth-order valence-corrected chi connectivity index (χ4v) is 2.64. The van der Waals surface area contributed by atoms with E-state index in [0.29, 0.717) is 17.4 Å². The highest BCUT2D eigenvalue weighted by molar-refractivity contribution is 5.57. The summed E-state index contributed by atoms with van der Waals surface area (Å²) in [7, 11) is 2.11. The highest BCUT2D eigenvalue weighted by atomic mass is 15.2. The summed E-state index contributed by atoms with van der Waals surface area (Å²) in [4.78, 5) is 2.28. The Labute approximate surface area is 114 Å². The first kappa shape index (κ1) is 13.8. The van der Waals surface area contributed by atoms with Crippen LogP contribution in [0.1, 0.15) is 37.1 Å². The predicted octanol–water partition coefficient (Wildman–Crippen LogP) is 1.59. The van der Waals surface area contributed by atoms with Crippen molar-refractivity contribution in [2.45, 2.75) is 39.2 Å². The van der Waals surface area contributed by atoms with E-state index in [1.54, 1.807) is 0 Å². The minimum atomic E-state index is 0.364. The van der Waals surface area contributed by atoms with Gasteiger partial charge in [-0.25, -0.2) is 0 Å². The molecule has 1 saturated heterocycles. The quantitative estimate of drug-likeness (QED) is 0.889. The summed E-state index contributed by atoms with van der Waals surface area (Å²) < 4.78 is 0. The third kappa shape index (κ3) is 2.85. The van der Waals surface area contributed by atoms with Gasteiger partial charge in [-0.1, -0.05) is 13.8 Å². The van der Waals surface area contributed by atoms with Crippen molar-refractivity contribution in [2.24, 2.45) is 0 Å². The normalized spacial score (nSPS) is 19.4. The molecule has 1 N–H and O–H groups in total. The van der Waals surface area contributed by atoms with Crippen molar-refractivity contribution >= 4 is 5.82 Å². The monoisotopic (exact) mass is 259 g/mol. The molecule has 1 aliphatic heterocycles. The van der Waals surface area contributed by atoms with Crippen molar-refractivity contribution in [1.29, 1.82) is 5.26 Å². The molecule has 0 aliphatic carbocycles. The standard InChI is InChI=1S/C14H21N5/c1-4-11-12(8-15)14(18-17-13(11)5-2)16-10-6-7-19(3)9-10/h10H,4-7,9H2,1-3H3,(H,16,18). The number of hydrogen-bond donors (Lipinski definition) is 1. The molecular formula is C14H21N5. The number of likely N-dealkylation sites (tertiary alicyclic amines) is 1. The van der Waals surface area contributed by atoms with Gasteiger partial charge in [-0.2, -0.15) is 10.4 Å². The van der Waals surface area contributed by atoms with E-state index >= 15 is 0 Å². The Morgan fingerprint density at radius 3 is 2.68 bits per heavy atom. The van der Waals surface area contributed by atoms with Crippen LogP contribution in [0.15, 0.2) is 0 Å². The van der Waals surface area contributed by atoms with Crippen LogP contribution in [0.2, 0.25) is 0 Å². The van der Waals surface area contributed by atoms with Gasteiger partial charge in [0.2, 0.25) is 0 Å². The van der Waals surface area contributed by atoms with Crippen molar-refractivity contribution in [3.05, 3.63) is 16.8 Å². The van der Waals surface area contributed by atoms with Gasteiger partial charge < -0.3 is 10.2 Å². The number of aryl methyl sites for hydroxylation is 1. The van der Waals surface area contributed by atoms with Gasteiger partial charge >= 0.3 is 0 Å². The van der Waals surface area contributed by atoms with Crippen LogP contribution in [0.3, 0.4) is 0 Å². The summed E-state index contributed by atoms with van der Waals surface area (Å²) in [6.45, 7) is 6.18. The zero-order valence-electron chi connectivity index (χ0n) is 11.9. The summed E-state index contributed by atoms with van der Waals surface area (Å²) >= 11 is 0. The molecule has 1 aliphatic rings. The average molecular weight is 259 g/mol. The molecule has 2 rings (SSSR count). The zero-order chi connectivity index (χ0) is 13.8. The predicted molar refractivity (Wildman–Crippen MR) is 75.0 cm³/mol. The summed E-state index contributed by atoms with van der Waals surface area (Å²) in [5.74, 6) is 0.650. The van der Waals surface area contributed by atoms with Crippen molar-refractivity contribution < 1.29 is 0 Å². The van der Waals surface area contributed by atoms with E-state index < -0.39 is 0 Å². The van der Waals surface area contributed by atoms with E-state index in [2.05, 4.69) is 40.5 Å². The molecule has 2 heterocycles. The average Bonchev–Trinajstić information content (AvgIpc) is 2.83. The lowest BCUT2D eigenvalue weighted by Crippen LogP contribution is -2.25. The molecule has 5 nitrogen and oxygen atoms in total. The Kier molecular flexibility index (Phi) is 4.33. The number of rotatable bonds is 4. The van der Waals surface area contributed by atoms with Crippen LogP contribution in [-0.4, -0.2) is 41.3 Å². The van der Waals surface area contributed by atoms with E-state index in [1.165, 1.54) is 0 Å². The summed E-state index contributed by atoms with van der Waals surface area (Å²) in [5.41, 5.74) is 2.64. The molecule has 0 aromatic carbocycles. The van der Waals surface area contributed by atoms with Crippen LogP contribution in [0.25, 0.3) is 0 Å². The molecule has 1 fully saturated rings. The van der Waals surface area contributed by atoms with E-state index in [4.69, 9.17) is 0 Å².